The van der Waals surface area contributed by atoms with Crippen molar-refractivity contribution in [3.8, 4) is 0 Å². The van der Waals surface area contributed by atoms with Crippen LogP contribution < -0.4 is 5.32 Å². The van der Waals surface area contributed by atoms with Crippen LogP contribution in [0.1, 0.15) is 27.2 Å². The molecule has 0 saturated carbocycles. The normalized spacial score (nSPS) is 34.2. The third-order valence-electron chi connectivity index (χ3n) is 2.78. The Labute approximate surface area is 79.8 Å². The molecule has 0 spiro atoms. The standard InChI is InChI=1S/C10H19NO2/c1-4-13-10(12)9-7(2)5-6-11-8(9)3/h7-9,11H,4-6H2,1-3H3/t7-,8-,9-/m1/s1. The van der Waals surface area contributed by atoms with E-state index in [4.69, 9.17) is 4.74 Å². The molecule has 0 radical (unpaired) electrons. The van der Waals surface area contributed by atoms with Crippen LogP contribution in [0.5, 0.6) is 0 Å². The summed E-state index contributed by atoms with van der Waals surface area (Å²) in [5.41, 5.74) is 0. The van der Waals surface area contributed by atoms with Crippen LogP contribution in [-0.2, 0) is 9.53 Å². The Kier molecular flexibility index (Phi) is 3.72. The van der Waals surface area contributed by atoms with E-state index in [0.717, 1.165) is 13.0 Å². The van der Waals surface area contributed by atoms with E-state index in [1.807, 2.05) is 6.92 Å². The van der Waals surface area contributed by atoms with Gasteiger partial charge in [0.25, 0.3) is 0 Å². The molecule has 0 bridgehead atoms. The molecule has 1 rings (SSSR count). The molecule has 0 aliphatic carbocycles. The van der Waals surface area contributed by atoms with Gasteiger partial charge in [-0.3, -0.25) is 4.79 Å². The summed E-state index contributed by atoms with van der Waals surface area (Å²) in [6.07, 6.45) is 1.06. The van der Waals surface area contributed by atoms with Crippen molar-refractivity contribution < 1.29 is 9.53 Å². The van der Waals surface area contributed by atoms with Gasteiger partial charge in [-0.2, -0.15) is 0 Å². The first-order chi connectivity index (χ1) is 6.16. The second-order valence-corrected chi connectivity index (χ2v) is 3.79. The number of piperidine rings is 1. The minimum atomic E-state index is -0.0466. The Morgan fingerprint density at radius 1 is 1.54 bits per heavy atom. The smallest absolute Gasteiger partial charge is 0.310 e. The molecule has 1 fully saturated rings. The highest BCUT2D eigenvalue weighted by Gasteiger charge is 2.34. The van der Waals surface area contributed by atoms with Crippen LogP contribution in [0.25, 0.3) is 0 Å². The first-order valence-corrected chi connectivity index (χ1v) is 5.06. The van der Waals surface area contributed by atoms with Crippen LogP contribution in [0.2, 0.25) is 0 Å². The van der Waals surface area contributed by atoms with E-state index >= 15 is 0 Å². The maximum Gasteiger partial charge on any atom is 0.310 e. The number of nitrogens with one attached hydrogen (secondary N) is 1. The van der Waals surface area contributed by atoms with E-state index in [9.17, 15) is 4.79 Å². The average molecular weight is 185 g/mol. The molecule has 0 amide bonds. The lowest BCUT2D eigenvalue weighted by atomic mass is 9.83. The number of esters is 1. The summed E-state index contributed by atoms with van der Waals surface area (Å²) in [5.74, 6) is 0.429. The van der Waals surface area contributed by atoms with Crippen LogP contribution in [-0.4, -0.2) is 25.2 Å². The summed E-state index contributed by atoms with van der Waals surface area (Å²) in [5, 5.41) is 3.30. The van der Waals surface area contributed by atoms with Gasteiger partial charge in [0.05, 0.1) is 12.5 Å². The molecule has 0 unspecified atom stereocenters. The lowest BCUT2D eigenvalue weighted by Gasteiger charge is -2.33. The number of rotatable bonds is 2. The molecule has 3 nitrogen and oxygen atoms in total. The lowest BCUT2D eigenvalue weighted by molar-refractivity contribution is -0.151. The first kappa shape index (κ1) is 10.5. The first-order valence-electron chi connectivity index (χ1n) is 5.06. The number of hydrogen-bond donors (Lipinski definition) is 1. The maximum atomic E-state index is 11.6. The minimum absolute atomic E-state index is 0.0358. The molecule has 1 aliphatic heterocycles. The van der Waals surface area contributed by atoms with E-state index in [0.29, 0.717) is 12.5 Å². The van der Waals surface area contributed by atoms with E-state index in [2.05, 4.69) is 19.2 Å². The number of hydrogen-bond acceptors (Lipinski definition) is 3. The van der Waals surface area contributed by atoms with Crippen molar-refractivity contribution in [1.29, 1.82) is 0 Å². The fourth-order valence-corrected chi connectivity index (χ4v) is 2.01. The number of carbonyl (C=O) groups excluding carboxylic acids is 1. The van der Waals surface area contributed by atoms with Gasteiger partial charge in [-0.15, -0.1) is 0 Å². The van der Waals surface area contributed by atoms with Crippen LogP contribution in [0.15, 0.2) is 0 Å². The zero-order chi connectivity index (χ0) is 9.84. The molecular formula is C10H19NO2. The van der Waals surface area contributed by atoms with Gasteiger partial charge < -0.3 is 10.1 Å². The third-order valence-corrected chi connectivity index (χ3v) is 2.78. The van der Waals surface area contributed by atoms with Crippen LogP contribution in [0.4, 0.5) is 0 Å². The Bertz CT molecular complexity index is 172. The number of carbonyl (C=O) groups is 1. The van der Waals surface area contributed by atoms with Gasteiger partial charge in [0.1, 0.15) is 0 Å². The van der Waals surface area contributed by atoms with Gasteiger partial charge >= 0.3 is 5.97 Å². The minimum Gasteiger partial charge on any atom is -0.466 e. The van der Waals surface area contributed by atoms with Crippen molar-refractivity contribution >= 4 is 5.97 Å². The quantitative estimate of drug-likeness (QED) is 0.657. The summed E-state index contributed by atoms with van der Waals surface area (Å²) in [6.45, 7) is 7.52. The molecule has 3 atom stereocenters. The van der Waals surface area contributed by atoms with Crippen LogP contribution in [0, 0.1) is 11.8 Å². The van der Waals surface area contributed by atoms with Crippen LogP contribution >= 0.6 is 0 Å². The molecule has 1 heterocycles. The van der Waals surface area contributed by atoms with Crippen molar-refractivity contribution in [3.63, 3.8) is 0 Å². The zero-order valence-corrected chi connectivity index (χ0v) is 8.67. The molecule has 1 N–H and O–H groups in total. The molecular weight excluding hydrogens is 166 g/mol. The molecule has 13 heavy (non-hydrogen) atoms. The lowest BCUT2D eigenvalue weighted by Crippen LogP contribution is -2.47. The van der Waals surface area contributed by atoms with E-state index < -0.39 is 0 Å². The van der Waals surface area contributed by atoms with E-state index in [1.165, 1.54) is 0 Å². The Hall–Kier alpha value is -0.570. The highest BCUT2D eigenvalue weighted by Crippen LogP contribution is 2.24. The highest BCUT2D eigenvalue weighted by molar-refractivity contribution is 5.73. The highest BCUT2D eigenvalue weighted by atomic mass is 16.5. The average Bonchev–Trinajstić information content (AvgIpc) is 2.04. The van der Waals surface area contributed by atoms with Crippen LogP contribution in [0.3, 0.4) is 0 Å². The molecule has 0 aromatic rings. The maximum absolute atomic E-state index is 11.6. The fraction of sp³-hybridized carbons (Fsp3) is 0.900. The van der Waals surface area contributed by atoms with Crippen molar-refractivity contribution in [2.75, 3.05) is 13.2 Å². The Balaban J connectivity index is 2.57. The molecule has 1 saturated heterocycles. The Morgan fingerprint density at radius 3 is 2.77 bits per heavy atom. The van der Waals surface area contributed by atoms with Gasteiger partial charge in [0.15, 0.2) is 0 Å². The van der Waals surface area contributed by atoms with Gasteiger partial charge in [-0.05, 0) is 32.7 Å². The SMILES string of the molecule is CCOC(=O)[C@@H]1[C@H](C)CCN[C@@H]1C. The van der Waals surface area contributed by atoms with Crippen molar-refractivity contribution in [2.24, 2.45) is 11.8 Å². The van der Waals surface area contributed by atoms with Gasteiger partial charge in [0, 0.05) is 6.04 Å². The summed E-state index contributed by atoms with van der Waals surface area (Å²) in [6, 6.07) is 0.253. The summed E-state index contributed by atoms with van der Waals surface area (Å²) < 4.78 is 5.04. The predicted molar refractivity (Wildman–Crippen MR) is 51.4 cm³/mol. The fourth-order valence-electron chi connectivity index (χ4n) is 2.01. The van der Waals surface area contributed by atoms with Gasteiger partial charge in [0.2, 0.25) is 0 Å². The number of ether oxygens (including phenoxy) is 1. The largest absolute Gasteiger partial charge is 0.466 e. The predicted octanol–water partition coefficient (Wildman–Crippen LogP) is 1.18. The van der Waals surface area contributed by atoms with Gasteiger partial charge in [-0.1, -0.05) is 6.92 Å². The summed E-state index contributed by atoms with van der Waals surface area (Å²) in [7, 11) is 0. The Morgan fingerprint density at radius 2 is 2.23 bits per heavy atom. The molecule has 76 valence electrons. The second-order valence-electron chi connectivity index (χ2n) is 3.79. The molecule has 0 aromatic heterocycles. The molecule has 3 heteroatoms. The molecule has 0 aromatic carbocycles. The van der Waals surface area contributed by atoms with Crippen molar-refractivity contribution in [1.82, 2.24) is 5.32 Å². The topological polar surface area (TPSA) is 38.3 Å². The van der Waals surface area contributed by atoms with E-state index in [1.54, 1.807) is 0 Å². The van der Waals surface area contributed by atoms with E-state index in [-0.39, 0.29) is 17.9 Å². The zero-order valence-electron chi connectivity index (χ0n) is 8.67. The van der Waals surface area contributed by atoms with Gasteiger partial charge in [-0.25, -0.2) is 0 Å². The molecule has 1 aliphatic rings. The summed E-state index contributed by atoms with van der Waals surface area (Å²) >= 11 is 0. The third kappa shape index (κ3) is 2.44. The van der Waals surface area contributed by atoms with Crippen molar-refractivity contribution in [3.05, 3.63) is 0 Å². The monoisotopic (exact) mass is 185 g/mol. The second kappa shape index (κ2) is 4.61. The van der Waals surface area contributed by atoms with Crippen molar-refractivity contribution in [2.45, 2.75) is 33.2 Å². The summed E-state index contributed by atoms with van der Waals surface area (Å²) in [4.78, 5) is 11.6.